The SMILES string of the molecule is CC(=O)O[C@@H]1C[C@]23C[C@@](C)(O)[C@H](CC[C@H]2[C@@](C)(O)[C@@H]2[C@@H]4O[C@@H]4C(C)(C)[C@@]12O)[C@H]3O.CO. The third kappa shape index (κ3) is 2.66. The second kappa shape index (κ2) is 6.64. The number of hydrogen-bond acceptors (Lipinski definition) is 8. The molecule has 1 spiro atoms. The molecule has 0 aromatic rings. The summed E-state index contributed by atoms with van der Waals surface area (Å²) in [6, 6.07) is 0. The van der Waals surface area contributed by atoms with Crippen molar-refractivity contribution >= 4 is 5.97 Å². The van der Waals surface area contributed by atoms with E-state index in [-0.39, 0.29) is 30.5 Å². The van der Waals surface area contributed by atoms with Crippen molar-refractivity contribution in [2.45, 2.75) is 102 Å². The zero-order chi connectivity index (χ0) is 23.4. The van der Waals surface area contributed by atoms with Gasteiger partial charge in [-0.25, -0.2) is 0 Å². The summed E-state index contributed by atoms with van der Waals surface area (Å²) in [7, 11) is 1.00. The van der Waals surface area contributed by atoms with Gasteiger partial charge in [0.25, 0.3) is 0 Å². The largest absolute Gasteiger partial charge is 0.459 e. The average Bonchev–Trinajstić information content (AvgIpc) is 3.38. The van der Waals surface area contributed by atoms with Crippen LogP contribution in [0.1, 0.15) is 60.3 Å². The van der Waals surface area contributed by atoms with Crippen LogP contribution in [-0.2, 0) is 14.3 Å². The molecule has 0 aromatic carbocycles. The molecule has 8 heteroatoms. The van der Waals surface area contributed by atoms with E-state index in [2.05, 4.69) is 0 Å². The van der Waals surface area contributed by atoms with Crippen molar-refractivity contribution in [2.24, 2.45) is 28.6 Å². The summed E-state index contributed by atoms with van der Waals surface area (Å²) in [5.41, 5.74) is -5.48. The van der Waals surface area contributed by atoms with Gasteiger partial charge in [0, 0.05) is 36.7 Å². The van der Waals surface area contributed by atoms with Gasteiger partial charge >= 0.3 is 5.97 Å². The molecular formula is C23H38O8. The van der Waals surface area contributed by atoms with E-state index in [0.717, 1.165) is 7.11 Å². The monoisotopic (exact) mass is 442 g/mol. The predicted octanol–water partition coefficient (Wildman–Crippen LogP) is 0.364. The first-order valence-electron chi connectivity index (χ1n) is 11.3. The fourth-order valence-electron chi connectivity index (χ4n) is 8.56. The fourth-order valence-corrected chi connectivity index (χ4v) is 8.56. The molecule has 1 heterocycles. The van der Waals surface area contributed by atoms with Crippen LogP contribution in [0.2, 0.25) is 0 Å². The van der Waals surface area contributed by atoms with Crippen LogP contribution in [0.5, 0.6) is 0 Å². The maximum atomic E-state index is 12.2. The maximum Gasteiger partial charge on any atom is 0.303 e. The van der Waals surface area contributed by atoms with Crippen LogP contribution in [-0.4, -0.2) is 79.8 Å². The van der Waals surface area contributed by atoms with Crippen molar-refractivity contribution in [3.8, 4) is 0 Å². The fraction of sp³-hybridized carbons (Fsp3) is 0.957. The number of ether oxygens (including phenoxy) is 2. The van der Waals surface area contributed by atoms with Gasteiger partial charge in [0.2, 0.25) is 0 Å². The van der Waals surface area contributed by atoms with Gasteiger partial charge in [0.05, 0.1) is 29.5 Å². The molecular weight excluding hydrogens is 404 g/mol. The molecule has 4 aliphatic carbocycles. The molecule has 5 N–H and O–H groups in total. The first-order valence-corrected chi connectivity index (χ1v) is 11.3. The van der Waals surface area contributed by atoms with E-state index in [9.17, 15) is 25.2 Å². The van der Waals surface area contributed by atoms with Crippen molar-refractivity contribution in [2.75, 3.05) is 7.11 Å². The second-order valence-corrected chi connectivity index (χ2v) is 11.5. The summed E-state index contributed by atoms with van der Waals surface area (Å²) < 4.78 is 11.6. The zero-order valence-electron chi connectivity index (χ0n) is 19.3. The number of rotatable bonds is 1. The van der Waals surface area contributed by atoms with Crippen molar-refractivity contribution in [3.63, 3.8) is 0 Å². The van der Waals surface area contributed by atoms with E-state index in [1.54, 1.807) is 13.8 Å². The Morgan fingerprint density at radius 3 is 2.26 bits per heavy atom. The van der Waals surface area contributed by atoms with E-state index in [0.29, 0.717) is 19.3 Å². The normalized spacial score (nSPS) is 58.1. The average molecular weight is 443 g/mol. The molecule has 0 unspecified atom stereocenters. The molecule has 5 fully saturated rings. The van der Waals surface area contributed by atoms with Gasteiger partial charge in [-0.05, 0) is 45.4 Å². The van der Waals surface area contributed by atoms with Gasteiger partial charge in [-0.15, -0.1) is 0 Å². The Bertz CT molecular complexity index is 763. The van der Waals surface area contributed by atoms with Crippen molar-refractivity contribution < 1.29 is 39.8 Å². The Hall–Kier alpha value is -0.770. The van der Waals surface area contributed by atoms with Crippen LogP contribution in [0.3, 0.4) is 0 Å². The van der Waals surface area contributed by atoms with Crippen LogP contribution >= 0.6 is 0 Å². The highest BCUT2D eigenvalue weighted by Crippen LogP contribution is 2.73. The number of carbonyl (C=O) groups is 1. The second-order valence-electron chi connectivity index (χ2n) is 11.5. The first kappa shape index (κ1) is 23.4. The first-order chi connectivity index (χ1) is 14.2. The topological polar surface area (TPSA) is 140 Å². The lowest BCUT2D eigenvalue weighted by molar-refractivity contribution is -0.230. The van der Waals surface area contributed by atoms with Crippen LogP contribution in [0, 0.1) is 28.6 Å². The van der Waals surface area contributed by atoms with Crippen LogP contribution in [0.15, 0.2) is 0 Å². The summed E-state index contributed by atoms with van der Waals surface area (Å²) in [5, 5.41) is 53.6. The summed E-state index contributed by atoms with van der Waals surface area (Å²) in [6.45, 7) is 8.62. The number of aliphatic hydroxyl groups excluding tert-OH is 2. The zero-order valence-corrected chi connectivity index (χ0v) is 19.3. The summed E-state index contributed by atoms with van der Waals surface area (Å²) in [4.78, 5) is 12.1. The lowest BCUT2D eigenvalue weighted by Gasteiger charge is -2.51. The molecule has 8 nitrogen and oxygen atoms in total. The molecule has 1 aliphatic heterocycles. The Kier molecular flexibility index (Phi) is 5.01. The predicted molar refractivity (Wildman–Crippen MR) is 110 cm³/mol. The van der Waals surface area contributed by atoms with Gasteiger partial charge in [0.1, 0.15) is 11.7 Å². The van der Waals surface area contributed by atoms with E-state index < -0.39 is 51.7 Å². The number of carbonyl (C=O) groups excluding carboxylic acids is 1. The minimum absolute atomic E-state index is 0.205. The van der Waals surface area contributed by atoms with E-state index in [4.69, 9.17) is 14.6 Å². The summed E-state index contributed by atoms with van der Waals surface area (Å²) in [6.07, 6.45) is -0.461. The molecule has 31 heavy (non-hydrogen) atoms. The molecule has 178 valence electrons. The van der Waals surface area contributed by atoms with E-state index in [1.165, 1.54) is 6.92 Å². The van der Waals surface area contributed by atoms with Gasteiger partial charge < -0.3 is 35.0 Å². The van der Waals surface area contributed by atoms with Crippen LogP contribution in [0.25, 0.3) is 0 Å². The van der Waals surface area contributed by atoms with Gasteiger partial charge in [-0.3, -0.25) is 4.79 Å². The Labute approximate surface area is 183 Å². The lowest BCUT2D eigenvalue weighted by atomic mass is 9.57. The smallest absolute Gasteiger partial charge is 0.303 e. The van der Waals surface area contributed by atoms with Crippen molar-refractivity contribution in [1.82, 2.24) is 0 Å². The minimum Gasteiger partial charge on any atom is -0.459 e. The van der Waals surface area contributed by atoms with E-state index in [1.807, 2.05) is 13.8 Å². The highest BCUT2D eigenvalue weighted by atomic mass is 16.6. The van der Waals surface area contributed by atoms with Gasteiger partial charge in [0.15, 0.2) is 0 Å². The molecule has 4 saturated carbocycles. The summed E-state index contributed by atoms with van der Waals surface area (Å²) in [5.74, 6) is -1.78. The molecule has 0 amide bonds. The number of esters is 1. The molecule has 0 aromatic heterocycles. The van der Waals surface area contributed by atoms with Gasteiger partial charge in [-0.1, -0.05) is 13.8 Å². The highest BCUT2D eigenvalue weighted by molar-refractivity contribution is 5.66. The number of epoxide rings is 1. The molecule has 11 atom stereocenters. The highest BCUT2D eigenvalue weighted by Gasteiger charge is 2.83. The Morgan fingerprint density at radius 2 is 1.68 bits per heavy atom. The Morgan fingerprint density at radius 1 is 1.06 bits per heavy atom. The standard InChI is InChI=1S/C22H34O7.CH4O/c1-10(23)28-13-8-21-9-19(4,25)11(16(21)24)6-7-12(21)20(5,26)15-14-17(29-14)18(2,3)22(13,15)27;1-2/h11-17,24-27H,6-9H2,1-5H3;2H,1H3/t11-,12+,13-,14+,15+,16-,17+,19-,20-,21+,22-;/m1./s1. The number of fused-ring (bicyclic) bond motifs is 4. The molecule has 5 rings (SSSR count). The minimum atomic E-state index is -1.49. The third-order valence-electron chi connectivity index (χ3n) is 9.69. The lowest BCUT2D eigenvalue weighted by Crippen LogP contribution is -2.63. The quantitative estimate of drug-likeness (QED) is 0.290. The van der Waals surface area contributed by atoms with Crippen LogP contribution < -0.4 is 0 Å². The van der Waals surface area contributed by atoms with Crippen molar-refractivity contribution in [1.29, 1.82) is 0 Å². The van der Waals surface area contributed by atoms with Crippen LogP contribution in [0.4, 0.5) is 0 Å². The molecule has 0 radical (unpaired) electrons. The number of hydrogen-bond donors (Lipinski definition) is 5. The van der Waals surface area contributed by atoms with E-state index >= 15 is 0 Å². The number of aliphatic hydroxyl groups is 5. The molecule has 1 saturated heterocycles. The van der Waals surface area contributed by atoms with Gasteiger partial charge in [-0.2, -0.15) is 0 Å². The van der Waals surface area contributed by atoms with Crippen molar-refractivity contribution in [3.05, 3.63) is 0 Å². The Balaban J connectivity index is 0.00000112. The summed E-state index contributed by atoms with van der Waals surface area (Å²) >= 11 is 0. The molecule has 5 aliphatic rings. The maximum absolute atomic E-state index is 12.2. The third-order valence-corrected chi connectivity index (χ3v) is 9.69. The molecule has 2 bridgehead atoms.